The minimum absolute atomic E-state index is 0.0747. The van der Waals surface area contributed by atoms with E-state index in [-0.39, 0.29) is 18.0 Å². The van der Waals surface area contributed by atoms with Gasteiger partial charge in [0.25, 0.3) is 0 Å². The van der Waals surface area contributed by atoms with Crippen molar-refractivity contribution in [3.63, 3.8) is 0 Å². The smallest absolute Gasteiger partial charge is 0.410 e. The number of hydrogen-bond donors (Lipinski definition) is 0. The summed E-state index contributed by atoms with van der Waals surface area (Å²) in [4.78, 5) is 29.3. The van der Waals surface area contributed by atoms with Crippen LogP contribution in [0.15, 0.2) is 18.2 Å². The van der Waals surface area contributed by atoms with Crippen LogP contribution in [0.2, 0.25) is 5.02 Å². The van der Waals surface area contributed by atoms with Gasteiger partial charge in [0.1, 0.15) is 5.60 Å². The van der Waals surface area contributed by atoms with Crippen molar-refractivity contribution in [2.45, 2.75) is 64.5 Å². The van der Waals surface area contributed by atoms with Gasteiger partial charge in [-0.2, -0.15) is 0 Å². The number of fused-ring (bicyclic) bond motifs is 2. The molecule has 2 aliphatic rings. The fourth-order valence-corrected chi connectivity index (χ4v) is 4.12. The molecule has 0 unspecified atom stereocenters. The van der Waals surface area contributed by atoms with Crippen molar-refractivity contribution in [2.24, 2.45) is 0 Å². The van der Waals surface area contributed by atoms with Gasteiger partial charge < -0.3 is 14.5 Å². The second-order valence-electron chi connectivity index (χ2n) is 8.48. The van der Waals surface area contributed by atoms with Gasteiger partial charge in [-0.3, -0.25) is 4.79 Å². The number of amides is 2. The molecule has 0 atom stereocenters. The fraction of sp³-hybridized carbons (Fsp3) is 0.600. The lowest BCUT2D eigenvalue weighted by atomic mass is 9.73. The van der Waals surface area contributed by atoms with Crippen molar-refractivity contribution in [2.75, 3.05) is 18.0 Å². The lowest BCUT2D eigenvalue weighted by molar-refractivity contribution is -0.125. The van der Waals surface area contributed by atoms with Gasteiger partial charge in [-0.05, 0) is 71.2 Å². The number of likely N-dealkylation sites (tertiary alicyclic amines) is 1. The average molecular weight is 379 g/mol. The van der Waals surface area contributed by atoms with Crippen LogP contribution >= 0.6 is 11.6 Å². The van der Waals surface area contributed by atoms with E-state index in [9.17, 15) is 9.59 Å². The number of benzene rings is 1. The molecule has 1 aromatic rings. The Morgan fingerprint density at radius 2 is 1.85 bits per heavy atom. The molecule has 0 aliphatic carbocycles. The monoisotopic (exact) mass is 378 g/mol. The maximum absolute atomic E-state index is 13.3. The highest BCUT2D eigenvalue weighted by Gasteiger charge is 2.53. The molecular weight excluding hydrogens is 352 g/mol. The molecule has 2 aliphatic heterocycles. The molecule has 1 spiro atoms. The first-order chi connectivity index (χ1) is 12.0. The first-order valence-electron chi connectivity index (χ1n) is 9.17. The zero-order valence-electron chi connectivity index (χ0n) is 16.1. The minimum atomic E-state index is -0.594. The lowest BCUT2D eigenvalue weighted by Crippen LogP contribution is -2.51. The van der Waals surface area contributed by atoms with Crippen LogP contribution in [0.5, 0.6) is 0 Å². The lowest BCUT2D eigenvalue weighted by Gasteiger charge is -2.39. The molecule has 6 heteroatoms. The van der Waals surface area contributed by atoms with Gasteiger partial charge in [0.15, 0.2) is 0 Å². The number of piperidine rings is 1. The van der Waals surface area contributed by atoms with Gasteiger partial charge in [0.05, 0.1) is 5.41 Å². The Hall–Kier alpha value is -1.75. The third-order valence-electron chi connectivity index (χ3n) is 5.15. The zero-order valence-corrected chi connectivity index (χ0v) is 16.9. The highest BCUT2D eigenvalue weighted by atomic mass is 35.5. The van der Waals surface area contributed by atoms with E-state index in [4.69, 9.17) is 16.3 Å². The summed E-state index contributed by atoms with van der Waals surface area (Å²) in [6.45, 7) is 10.6. The Kier molecular flexibility index (Phi) is 4.72. The van der Waals surface area contributed by atoms with Crippen molar-refractivity contribution in [1.82, 2.24) is 4.90 Å². The fourth-order valence-electron chi connectivity index (χ4n) is 3.95. The Balaban J connectivity index is 1.87. The minimum Gasteiger partial charge on any atom is -0.444 e. The summed E-state index contributed by atoms with van der Waals surface area (Å²) >= 11 is 6.24. The molecular formula is C20H27ClN2O3. The maximum atomic E-state index is 13.3. The second-order valence-corrected chi connectivity index (χ2v) is 8.92. The summed E-state index contributed by atoms with van der Waals surface area (Å²) < 4.78 is 5.47. The van der Waals surface area contributed by atoms with Crippen molar-refractivity contribution >= 4 is 29.3 Å². The number of anilines is 1. The van der Waals surface area contributed by atoms with E-state index in [0.29, 0.717) is 31.0 Å². The zero-order chi connectivity index (χ0) is 19.3. The number of carbonyl (C=O) groups is 2. The summed E-state index contributed by atoms with van der Waals surface area (Å²) in [5.41, 5.74) is 0.820. The van der Waals surface area contributed by atoms with Crippen LogP contribution in [-0.4, -0.2) is 41.6 Å². The standard InChI is InChI=1S/C20H27ClN2O3/c1-13(2)23-16-7-6-14(21)12-15(16)20(17(23)24)8-10-22(11-9-20)18(25)26-19(3,4)5/h6-7,12-13H,8-11H2,1-5H3. The molecule has 0 saturated carbocycles. The van der Waals surface area contributed by atoms with Crippen LogP contribution in [0.3, 0.4) is 0 Å². The number of rotatable bonds is 1. The van der Waals surface area contributed by atoms with Crippen LogP contribution in [-0.2, 0) is 14.9 Å². The SMILES string of the molecule is CC(C)N1C(=O)C2(CCN(C(=O)OC(C)(C)C)CC2)c2cc(Cl)ccc21. The van der Waals surface area contributed by atoms with E-state index in [1.165, 1.54) is 0 Å². The van der Waals surface area contributed by atoms with Gasteiger partial charge in [-0.1, -0.05) is 11.6 Å². The Morgan fingerprint density at radius 3 is 2.38 bits per heavy atom. The molecule has 1 aromatic carbocycles. The molecule has 142 valence electrons. The molecule has 2 amide bonds. The van der Waals surface area contributed by atoms with Crippen LogP contribution in [0.25, 0.3) is 0 Å². The molecule has 2 heterocycles. The molecule has 5 nitrogen and oxygen atoms in total. The van der Waals surface area contributed by atoms with Crippen LogP contribution in [0.4, 0.5) is 10.5 Å². The summed E-state index contributed by atoms with van der Waals surface area (Å²) in [6, 6.07) is 5.76. The van der Waals surface area contributed by atoms with Gasteiger partial charge in [0.2, 0.25) is 5.91 Å². The molecule has 3 rings (SSSR count). The molecule has 1 saturated heterocycles. The van der Waals surface area contributed by atoms with Crippen molar-refractivity contribution in [1.29, 1.82) is 0 Å². The quantitative estimate of drug-likeness (QED) is 0.729. The van der Waals surface area contributed by atoms with Gasteiger partial charge in [-0.15, -0.1) is 0 Å². The van der Waals surface area contributed by atoms with E-state index < -0.39 is 11.0 Å². The van der Waals surface area contributed by atoms with Crippen molar-refractivity contribution in [3.8, 4) is 0 Å². The van der Waals surface area contributed by atoms with E-state index in [0.717, 1.165) is 11.3 Å². The van der Waals surface area contributed by atoms with Gasteiger partial charge >= 0.3 is 6.09 Å². The molecule has 1 fully saturated rings. The number of carbonyl (C=O) groups excluding carboxylic acids is 2. The maximum Gasteiger partial charge on any atom is 0.410 e. The predicted octanol–water partition coefficient (Wildman–Crippen LogP) is 4.36. The van der Waals surface area contributed by atoms with Gasteiger partial charge in [0, 0.05) is 29.8 Å². The van der Waals surface area contributed by atoms with Gasteiger partial charge in [-0.25, -0.2) is 4.79 Å². The molecule has 0 radical (unpaired) electrons. The Morgan fingerprint density at radius 1 is 1.23 bits per heavy atom. The summed E-state index contributed by atoms with van der Waals surface area (Å²) in [5, 5.41) is 0.635. The van der Waals surface area contributed by atoms with Crippen LogP contribution < -0.4 is 4.90 Å². The third kappa shape index (κ3) is 3.18. The summed E-state index contributed by atoms with van der Waals surface area (Å²) in [7, 11) is 0. The van der Waals surface area contributed by atoms with Crippen molar-refractivity contribution in [3.05, 3.63) is 28.8 Å². The second kappa shape index (κ2) is 6.45. The van der Waals surface area contributed by atoms with Crippen LogP contribution in [0, 0.1) is 0 Å². The highest BCUT2D eigenvalue weighted by Crippen LogP contribution is 2.49. The molecule has 0 bridgehead atoms. The number of nitrogens with zero attached hydrogens (tertiary/aromatic N) is 2. The van der Waals surface area contributed by atoms with E-state index >= 15 is 0 Å². The predicted molar refractivity (Wildman–Crippen MR) is 103 cm³/mol. The highest BCUT2D eigenvalue weighted by molar-refractivity contribution is 6.31. The molecule has 0 aromatic heterocycles. The van der Waals surface area contributed by atoms with E-state index in [1.807, 2.05) is 57.7 Å². The summed E-state index contributed by atoms with van der Waals surface area (Å²) in [5.74, 6) is 0.119. The van der Waals surface area contributed by atoms with Crippen molar-refractivity contribution < 1.29 is 14.3 Å². The number of ether oxygens (including phenoxy) is 1. The third-order valence-corrected chi connectivity index (χ3v) is 5.38. The topological polar surface area (TPSA) is 49.9 Å². The first kappa shape index (κ1) is 19.0. The normalized spacial score (nSPS) is 19.3. The van der Waals surface area contributed by atoms with E-state index in [1.54, 1.807) is 4.90 Å². The molecule has 0 N–H and O–H groups in total. The number of hydrogen-bond acceptors (Lipinski definition) is 3. The van der Waals surface area contributed by atoms with Crippen LogP contribution in [0.1, 0.15) is 53.0 Å². The largest absolute Gasteiger partial charge is 0.444 e. The van der Waals surface area contributed by atoms with E-state index in [2.05, 4.69) is 0 Å². The Labute approximate surface area is 160 Å². The summed E-state index contributed by atoms with van der Waals surface area (Å²) in [6.07, 6.45) is 0.855. The average Bonchev–Trinajstić information content (AvgIpc) is 2.76. The molecule has 26 heavy (non-hydrogen) atoms. The Bertz CT molecular complexity index is 731. The number of halogens is 1. The first-order valence-corrected chi connectivity index (χ1v) is 9.54.